The lowest BCUT2D eigenvalue weighted by molar-refractivity contribution is 0.0697. The highest BCUT2D eigenvalue weighted by molar-refractivity contribution is 5.96. The number of fused-ring (bicyclic) bond motifs is 1. The van der Waals surface area contributed by atoms with E-state index < -0.39 is 12.1 Å². The van der Waals surface area contributed by atoms with Crippen LogP contribution in [0.5, 0.6) is 5.75 Å². The van der Waals surface area contributed by atoms with Crippen molar-refractivity contribution < 1.29 is 19.7 Å². The normalized spacial score (nSPS) is 16.4. The molecule has 6 nitrogen and oxygen atoms in total. The Kier molecular flexibility index (Phi) is 6.07. The molecule has 0 fully saturated rings. The molecule has 0 aliphatic carbocycles. The van der Waals surface area contributed by atoms with Crippen molar-refractivity contribution in [3.05, 3.63) is 83.7 Å². The van der Waals surface area contributed by atoms with E-state index >= 15 is 0 Å². The number of benzene rings is 2. The molecule has 154 valence electrons. The van der Waals surface area contributed by atoms with Crippen molar-refractivity contribution >= 4 is 5.97 Å². The molecule has 2 heterocycles. The Morgan fingerprint density at radius 1 is 1.20 bits per heavy atom. The summed E-state index contributed by atoms with van der Waals surface area (Å²) in [6.45, 7) is 1.07. The van der Waals surface area contributed by atoms with Crippen LogP contribution in [0, 0.1) is 0 Å². The third-order valence-electron chi connectivity index (χ3n) is 5.34. The third kappa shape index (κ3) is 4.50. The molecule has 0 spiro atoms. The molecule has 1 aliphatic rings. The van der Waals surface area contributed by atoms with E-state index in [9.17, 15) is 15.0 Å². The SMILES string of the molecule is O=C(O)c1ccccc1-c1ccc2c(c1)CCC(CNCC(O)c1cccnc1)O2. The summed E-state index contributed by atoms with van der Waals surface area (Å²) < 4.78 is 6.12. The smallest absolute Gasteiger partial charge is 0.336 e. The first-order valence-corrected chi connectivity index (χ1v) is 10.0. The number of carbonyl (C=O) groups is 1. The first kappa shape index (κ1) is 20.1. The Morgan fingerprint density at radius 3 is 2.87 bits per heavy atom. The van der Waals surface area contributed by atoms with Gasteiger partial charge in [-0.1, -0.05) is 30.3 Å². The zero-order chi connectivity index (χ0) is 20.9. The number of carboxylic acid groups (broad SMARTS) is 1. The second kappa shape index (κ2) is 9.07. The van der Waals surface area contributed by atoms with Crippen LogP contribution in [0.15, 0.2) is 67.0 Å². The fourth-order valence-electron chi connectivity index (χ4n) is 3.75. The molecular formula is C24H24N2O4. The Bertz CT molecular complexity index is 1020. The van der Waals surface area contributed by atoms with Crippen molar-refractivity contribution in [2.45, 2.75) is 25.0 Å². The average Bonchev–Trinajstić information content (AvgIpc) is 2.79. The summed E-state index contributed by atoms with van der Waals surface area (Å²) in [6.07, 6.45) is 4.48. The maximum absolute atomic E-state index is 11.5. The van der Waals surface area contributed by atoms with Gasteiger partial charge in [0.15, 0.2) is 0 Å². The van der Waals surface area contributed by atoms with Gasteiger partial charge >= 0.3 is 5.97 Å². The number of aliphatic hydroxyl groups excluding tert-OH is 1. The minimum absolute atomic E-state index is 0.0238. The molecule has 1 aromatic heterocycles. The molecule has 0 bridgehead atoms. The lowest BCUT2D eigenvalue weighted by Crippen LogP contribution is -2.36. The number of pyridine rings is 1. The monoisotopic (exact) mass is 404 g/mol. The molecule has 2 aromatic carbocycles. The number of carboxylic acids is 1. The van der Waals surface area contributed by atoms with Gasteiger partial charge < -0.3 is 20.3 Å². The van der Waals surface area contributed by atoms with Gasteiger partial charge in [-0.15, -0.1) is 0 Å². The molecular weight excluding hydrogens is 380 g/mol. The van der Waals surface area contributed by atoms with Gasteiger partial charge in [-0.3, -0.25) is 4.98 Å². The summed E-state index contributed by atoms with van der Waals surface area (Å²) >= 11 is 0. The summed E-state index contributed by atoms with van der Waals surface area (Å²) in [5.41, 5.74) is 3.75. The predicted molar refractivity (Wildman–Crippen MR) is 114 cm³/mol. The Labute approximate surface area is 175 Å². The molecule has 2 atom stereocenters. The second-order valence-corrected chi connectivity index (χ2v) is 7.41. The van der Waals surface area contributed by atoms with Crippen molar-refractivity contribution in [3.63, 3.8) is 0 Å². The summed E-state index contributed by atoms with van der Waals surface area (Å²) in [7, 11) is 0. The van der Waals surface area contributed by atoms with E-state index in [-0.39, 0.29) is 6.10 Å². The van der Waals surface area contributed by atoms with Gasteiger partial charge in [0.05, 0.1) is 11.7 Å². The van der Waals surface area contributed by atoms with Crippen molar-refractivity contribution in [1.29, 1.82) is 0 Å². The van der Waals surface area contributed by atoms with Gasteiger partial charge in [0.2, 0.25) is 0 Å². The molecule has 4 rings (SSSR count). The maximum atomic E-state index is 11.5. The molecule has 0 amide bonds. The second-order valence-electron chi connectivity index (χ2n) is 7.41. The van der Waals surface area contributed by atoms with E-state index in [4.69, 9.17) is 4.74 Å². The Hall–Kier alpha value is -3.22. The van der Waals surface area contributed by atoms with Gasteiger partial charge in [-0.2, -0.15) is 0 Å². The number of hydrogen-bond acceptors (Lipinski definition) is 5. The minimum Gasteiger partial charge on any atom is -0.489 e. The van der Waals surface area contributed by atoms with Crippen LogP contribution in [0.1, 0.15) is 34.0 Å². The van der Waals surface area contributed by atoms with Crippen LogP contribution in [0.3, 0.4) is 0 Å². The van der Waals surface area contributed by atoms with Crippen LogP contribution in [-0.2, 0) is 6.42 Å². The number of nitrogens with zero attached hydrogens (tertiary/aromatic N) is 1. The first-order chi connectivity index (χ1) is 14.6. The lowest BCUT2D eigenvalue weighted by Gasteiger charge is -2.27. The number of rotatable bonds is 7. The molecule has 30 heavy (non-hydrogen) atoms. The number of nitrogens with one attached hydrogen (secondary N) is 1. The molecule has 1 aliphatic heterocycles. The molecule has 6 heteroatoms. The number of aryl methyl sites for hydroxylation is 1. The van der Waals surface area contributed by atoms with E-state index in [1.807, 2.05) is 42.5 Å². The zero-order valence-electron chi connectivity index (χ0n) is 16.5. The molecule has 0 radical (unpaired) electrons. The topological polar surface area (TPSA) is 91.7 Å². The van der Waals surface area contributed by atoms with E-state index in [1.165, 1.54) is 0 Å². The minimum atomic E-state index is -0.931. The number of ether oxygens (including phenoxy) is 1. The van der Waals surface area contributed by atoms with Gasteiger partial charge in [-0.05, 0) is 53.8 Å². The first-order valence-electron chi connectivity index (χ1n) is 10.0. The van der Waals surface area contributed by atoms with Crippen LogP contribution in [-0.4, -0.2) is 40.4 Å². The fraction of sp³-hybridized carbons (Fsp3) is 0.250. The van der Waals surface area contributed by atoms with E-state index in [0.29, 0.717) is 24.2 Å². The predicted octanol–water partition coefficient (Wildman–Crippen LogP) is 3.46. The Morgan fingerprint density at radius 2 is 2.07 bits per heavy atom. The van der Waals surface area contributed by atoms with Gasteiger partial charge in [0, 0.05) is 31.0 Å². The van der Waals surface area contributed by atoms with Crippen LogP contribution >= 0.6 is 0 Å². The van der Waals surface area contributed by atoms with Crippen molar-refractivity contribution in [1.82, 2.24) is 10.3 Å². The van der Waals surface area contributed by atoms with Crippen LogP contribution in [0.25, 0.3) is 11.1 Å². The number of hydrogen-bond donors (Lipinski definition) is 3. The third-order valence-corrected chi connectivity index (χ3v) is 5.34. The lowest BCUT2D eigenvalue weighted by atomic mass is 9.94. The highest BCUT2D eigenvalue weighted by atomic mass is 16.5. The summed E-state index contributed by atoms with van der Waals surface area (Å²) in [6, 6.07) is 16.5. The van der Waals surface area contributed by atoms with Crippen LogP contribution < -0.4 is 10.1 Å². The summed E-state index contributed by atoms with van der Waals surface area (Å²) in [4.78, 5) is 15.5. The van der Waals surface area contributed by atoms with Crippen LogP contribution in [0.2, 0.25) is 0 Å². The largest absolute Gasteiger partial charge is 0.489 e. The summed E-state index contributed by atoms with van der Waals surface area (Å²) in [5, 5.41) is 22.9. The molecule has 2 unspecified atom stereocenters. The van der Waals surface area contributed by atoms with Crippen LogP contribution in [0.4, 0.5) is 0 Å². The van der Waals surface area contributed by atoms with Crippen molar-refractivity contribution in [2.75, 3.05) is 13.1 Å². The molecule has 3 aromatic rings. The number of aromatic nitrogens is 1. The van der Waals surface area contributed by atoms with Gasteiger partial charge in [-0.25, -0.2) is 4.79 Å². The Balaban J connectivity index is 1.38. The zero-order valence-corrected chi connectivity index (χ0v) is 16.5. The average molecular weight is 404 g/mol. The highest BCUT2D eigenvalue weighted by Crippen LogP contribution is 2.33. The van der Waals surface area contributed by atoms with Crippen molar-refractivity contribution in [2.24, 2.45) is 0 Å². The van der Waals surface area contributed by atoms with E-state index in [1.54, 1.807) is 24.5 Å². The van der Waals surface area contributed by atoms with E-state index in [2.05, 4.69) is 10.3 Å². The van der Waals surface area contributed by atoms with E-state index in [0.717, 1.165) is 35.3 Å². The number of aliphatic hydroxyl groups is 1. The molecule has 3 N–H and O–H groups in total. The fourth-order valence-corrected chi connectivity index (χ4v) is 3.75. The summed E-state index contributed by atoms with van der Waals surface area (Å²) in [5.74, 6) is -0.100. The maximum Gasteiger partial charge on any atom is 0.336 e. The van der Waals surface area contributed by atoms with Gasteiger partial charge in [0.25, 0.3) is 0 Å². The molecule has 0 saturated carbocycles. The number of aromatic carboxylic acids is 1. The molecule has 0 saturated heterocycles. The highest BCUT2D eigenvalue weighted by Gasteiger charge is 2.21. The quantitative estimate of drug-likeness (QED) is 0.559. The standard InChI is InChI=1S/C24H24N2O4/c27-22(18-4-3-11-25-13-18)15-26-14-19-9-7-17-12-16(8-10-23(17)30-19)20-5-1-2-6-21(20)24(28)29/h1-6,8,10-13,19,22,26-27H,7,9,14-15H2,(H,28,29). The van der Waals surface area contributed by atoms with Gasteiger partial charge in [0.1, 0.15) is 11.9 Å². The van der Waals surface area contributed by atoms with Crippen molar-refractivity contribution in [3.8, 4) is 16.9 Å².